The highest BCUT2D eigenvalue weighted by Crippen LogP contribution is 2.16. The van der Waals surface area contributed by atoms with Crippen LogP contribution in [0.1, 0.15) is 23.7 Å². The third-order valence-electron chi connectivity index (χ3n) is 3.65. The Morgan fingerprint density at radius 2 is 1.57 bits per heavy atom. The van der Waals surface area contributed by atoms with Gasteiger partial charge in [-0.15, -0.1) is 0 Å². The van der Waals surface area contributed by atoms with Gasteiger partial charge in [-0.25, -0.2) is 4.79 Å². The van der Waals surface area contributed by atoms with Crippen molar-refractivity contribution in [1.29, 1.82) is 5.26 Å². The Morgan fingerprint density at radius 1 is 1.00 bits per heavy atom. The Hall–Kier alpha value is -3.86. The molecule has 0 saturated carbocycles. The lowest BCUT2D eigenvalue weighted by atomic mass is 10.2. The number of nitriles is 1. The van der Waals surface area contributed by atoms with Crippen LogP contribution in [0, 0.1) is 11.3 Å². The van der Waals surface area contributed by atoms with E-state index in [1.807, 2.05) is 0 Å². The normalized spacial score (nSPS) is 10.9. The summed E-state index contributed by atoms with van der Waals surface area (Å²) in [5, 5.41) is 13.6. The van der Waals surface area contributed by atoms with E-state index in [2.05, 4.69) is 10.6 Å². The van der Waals surface area contributed by atoms with Gasteiger partial charge < -0.3 is 20.1 Å². The van der Waals surface area contributed by atoms with Crippen molar-refractivity contribution in [3.05, 3.63) is 54.1 Å². The molecule has 0 spiro atoms. The van der Waals surface area contributed by atoms with Crippen LogP contribution in [0.25, 0.3) is 0 Å². The van der Waals surface area contributed by atoms with Gasteiger partial charge >= 0.3 is 5.97 Å². The number of anilines is 2. The lowest BCUT2D eigenvalue weighted by Gasteiger charge is -2.14. The maximum Gasteiger partial charge on any atom is 0.338 e. The first kappa shape index (κ1) is 20.5. The van der Waals surface area contributed by atoms with Gasteiger partial charge in [0.05, 0.1) is 18.7 Å². The first-order valence-corrected chi connectivity index (χ1v) is 8.35. The molecule has 0 radical (unpaired) electrons. The van der Waals surface area contributed by atoms with Crippen LogP contribution < -0.4 is 15.4 Å². The topological polar surface area (TPSA) is 118 Å². The number of carbonyl (C=O) groups excluding carboxylic acids is 3. The minimum Gasteiger partial charge on any atom is -0.497 e. The molecule has 2 rings (SSSR count). The van der Waals surface area contributed by atoms with Crippen molar-refractivity contribution in [2.45, 2.75) is 19.4 Å². The van der Waals surface area contributed by atoms with Gasteiger partial charge in [0.1, 0.15) is 12.2 Å². The van der Waals surface area contributed by atoms with E-state index in [1.54, 1.807) is 37.4 Å². The van der Waals surface area contributed by atoms with Gasteiger partial charge in [0.25, 0.3) is 5.91 Å². The summed E-state index contributed by atoms with van der Waals surface area (Å²) in [5.41, 5.74) is 1.22. The van der Waals surface area contributed by atoms with Crippen molar-refractivity contribution < 1.29 is 23.9 Å². The van der Waals surface area contributed by atoms with Crippen LogP contribution in [-0.2, 0) is 14.3 Å². The largest absolute Gasteiger partial charge is 0.497 e. The fourth-order valence-corrected chi connectivity index (χ4v) is 2.17. The minimum atomic E-state index is -1.01. The van der Waals surface area contributed by atoms with E-state index in [9.17, 15) is 14.4 Å². The SMILES string of the molecule is COc1ccc(NC(=O)C(C)OC(=O)c2ccc(NC(=O)CC#N)cc2)cc1. The number of carbonyl (C=O) groups is 3. The Morgan fingerprint density at radius 3 is 2.14 bits per heavy atom. The first-order valence-electron chi connectivity index (χ1n) is 8.35. The summed E-state index contributed by atoms with van der Waals surface area (Å²) in [7, 11) is 1.54. The quantitative estimate of drug-likeness (QED) is 0.712. The fourth-order valence-electron chi connectivity index (χ4n) is 2.17. The van der Waals surface area contributed by atoms with Gasteiger partial charge in [-0.1, -0.05) is 0 Å². The lowest BCUT2D eigenvalue weighted by molar-refractivity contribution is -0.123. The Labute approximate surface area is 162 Å². The predicted octanol–water partition coefficient (Wildman–Crippen LogP) is 2.73. The number of nitrogens with one attached hydrogen (secondary N) is 2. The van der Waals surface area contributed by atoms with E-state index in [4.69, 9.17) is 14.7 Å². The van der Waals surface area contributed by atoms with E-state index in [0.29, 0.717) is 17.1 Å². The smallest absolute Gasteiger partial charge is 0.338 e. The molecule has 144 valence electrons. The average molecular weight is 381 g/mol. The summed E-state index contributed by atoms with van der Waals surface area (Å²) in [6.07, 6.45) is -1.27. The van der Waals surface area contributed by atoms with Crippen molar-refractivity contribution >= 4 is 29.2 Å². The average Bonchev–Trinajstić information content (AvgIpc) is 2.69. The Balaban J connectivity index is 1.90. The molecule has 2 aromatic rings. The summed E-state index contributed by atoms with van der Waals surface area (Å²) in [6, 6.07) is 14.4. The molecule has 2 amide bonds. The second-order valence-corrected chi connectivity index (χ2v) is 5.73. The number of nitrogens with zero attached hydrogens (tertiary/aromatic N) is 1. The maximum absolute atomic E-state index is 12.2. The molecular formula is C20H19N3O5. The molecule has 0 aromatic heterocycles. The molecular weight excluding hydrogens is 362 g/mol. The summed E-state index contributed by atoms with van der Waals surface area (Å²) < 4.78 is 10.2. The van der Waals surface area contributed by atoms with Crippen molar-refractivity contribution in [3.8, 4) is 11.8 Å². The number of methoxy groups -OCH3 is 1. The van der Waals surface area contributed by atoms with Crippen LogP contribution in [0.3, 0.4) is 0 Å². The van der Waals surface area contributed by atoms with Gasteiger partial charge in [-0.3, -0.25) is 9.59 Å². The van der Waals surface area contributed by atoms with Gasteiger partial charge in [-0.05, 0) is 55.5 Å². The second kappa shape index (κ2) is 9.73. The number of hydrogen-bond donors (Lipinski definition) is 2. The van der Waals surface area contributed by atoms with Crippen molar-refractivity contribution in [3.63, 3.8) is 0 Å². The molecule has 1 atom stereocenters. The minimum absolute atomic E-state index is 0.224. The van der Waals surface area contributed by atoms with Crippen LogP contribution in [0.2, 0.25) is 0 Å². The van der Waals surface area contributed by atoms with E-state index >= 15 is 0 Å². The third kappa shape index (κ3) is 5.85. The Bertz CT molecular complexity index is 886. The van der Waals surface area contributed by atoms with E-state index in [0.717, 1.165) is 0 Å². The van der Waals surface area contributed by atoms with E-state index in [-0.39, 0.29) is 12.0 Å². The molecule has 0 aliphatic heterocycles. The number of benzene rings is 2. The lowest BCUT2D eigenvalue weighted by Crippen LogP contribution is -2.30. The highest BCUT2D eigenvalue weighted by atomic mass is 16.5. The number of amides is 2. The van der Waals surface area contributed by atoms with Gasteiger partial charge in [0, 0.05) is 11.4 Å². The molecule has 0 fully saturated rings. The van der Waals surface area contributed by atoms with Crippen molar-refractivity contribution in [2.75, 3.05) is 17.7 Å². The molecule has 0 bridgehead atoms. The highest BCUT2D eigenvalue weighted by molar-refractivity contribution is 5.98. The number of hydrogen-bond acceptors (Lipinski definition) is 6. The van der Waals surface area contributed by atoms with Crippen LogP contribution in [0.4, 0.5) is 11.4 Å². The summed E-state index contributed by atoms with van der Waals surface area (Å²) >= 11 is 0. The summed E-state index contributed by atoms with van der Waals surface area (Å²) in [4.78, 5) is 35.7. The number of rotatable bonds is 7. The van der Waals surface area contributed by atoms with E-state index in [1.165, 1.54) is 31.2 Å². The fraction of sp³-hybridized carbons (Fsp3) is 0.200. The first-order chi connectivity index (χ1) is 13.4. The monoisotopic (exact) mass is 381 g/mol. The zero-order valence-electron chi connectivity index (χ0n) is 15.4. The molecule has 8 nitrogen and oxygen atoms in total. The molecule has 0 aliphatic rings. The molecule has 0 aliphatic carbocycles. The Kier molecular flexibility index (Phi) is 7.11. The predicted molar refractivity (Wildman–Crippen MR) is 102 cm³/mol. The van der Waals surface area contributed by atoms with E-state index < -0.39 is 23.9 Å². The van der Waals surface area contributed by atoms with Gasteiger partial charge in [0.2, 0.25) is 5.91 Å². The molecule has 2 N–H and O–H groups in total. The summed E-state index contributed by atoms with van der Waals surface area (Å²) in [5.74, 6) is -0.933. The van der Waals surface area contributed by atoms with Crippen LogP contribution in [-0.4, -0.2) is 31.0 Å². The number of esters is 1. The van der Waals surface area contributed by atoms with Crippen molar-refractivity contribution in [2.24, 2.45) is 0 Å². The van der Waals surface area contributed by atoms with Crippen LogP contribution >= 0.6 is 0 Å². The third-order valence-corrected chi connectivity index (χ3v) is 3.65. The van der Waals surface area contributed by atoms with Crippen LogP contribution in [0.15, 0.2) is 48.5 Å². The zero-order valence-corrected chi connectivity index (χ0v) is 15.4. The van der Waals surface area contributed by atoms with Gasteiger partial charge in [-0.2, -0.15) is 5.26 Å². The standard InChI is InChI=1S/C20H19N3O5/c1-13(19(25)23-16-7-9-17(27-2)10-8-16)28-20(26)14-3-5-15(6-4-14)22-18(24)11-12-21/h3-10,13H,11H2,1-2H3,(H,22,24)(H,23,25). The zero-order chi connectivity index (χ0) is 20.5. The molecule has 2 aromatic carbocycles. The molecule has 0 saturated heterocycles. The molecule has 8 heteroatoms. The highest BCUT2D eigenvalue weighted by Gasteiger charge is 2.19. The van der Waals surface area contributed by atoms with Crippen molar-refractivity contribution in [1.82, 2.24) is 0 Å². The molecule has 1 unspecified atom stereocenters. The molecule has 0 heterocycles. The number of ether oxygens (including phenoxy) is 2. The van der Waals surface area contributed by atoms with Crippen LogP contribution in [0.5, 0.6) is 5.75 Å². The second-order valence-electron chi connectivity index (χ2n) is 5.73. The molecule has 28 heavy (non-hydrogen) atoms. The van der Waals surface area contributed by atoms with Gasteiger partial charge in [0.15, 0.2) is 6.10 Å². The summed E-state index contributed by atoms with van der Waals surface area (Å²) in [6.45, 7) is 1.47. The maximum atomic E-state index is 12.2.